The highest BCUT2D eigenvalue weighted by molar-refractivity contribution is 14.1. The van der Waals surface area contributed by atoms with Crippen molar-refractivity contribution in [3.05, 3.63) is 33.1 Å². The summed E-state index contributed by atoms with van der Waals surface area (Å²) in [6.45, 7) is 1.96. The van der Waals surface area contributed by atoms with E-state index in [9.17, 15) is 9.50 Å². The summed E-state index contributed by atoms with van der Waals surface area (Å²) in [4.78, 5) is 0. The van der Waals surface area contributed by atoms with E-state index in [0.29, 0.717) is 12.0 Å². The molecule has 0 aromatic heterocycles. The first kappa shape index (κ1) is 12.9. The highest BCUT2D eigenvalue weighted by Gasteiger charge is 2.19. The second-order valence-corrected chi connectivity index (χ2v) is 4.79. The topological polar surface area (TPSA) is 46.2 Å². The minimum Gasteiger partial charge on any atom is -0.391 e. The predicted octanol–water partition coefficient (Wildman–Crippen LogP) is 2.59. The van der Waals surface area contributed by atoms with Crippen molar-refractivity contribution in [2.24, 2.45) is 5.73 Å². The second-order valence-electron chi connectivity index (χ2n) is 3.55. The largest absolute Gasteiger partial charge is 0.391 e. The molecular formula is C11H15FINO. The molecule has 84 valence electrons. The van der Waals surface area contributed by atoms with Gasteiger partial charge in [-0.3, -0.25) is 0 Å². The monoisotopic (exact) mass is 323 g/mol. The van der Waals surface area contributed by atoms with E-state index >= 15 is 0 Å². The summed E-state index contributed by atoms with van der Waals surface area (Å²) < 4.78 is 14.3. The van der Waals surface area contributed by atoms with Crippen LogP contribution in [0.15, 0.2) is 18.2 Å². The quantitative estimate of drug-likeness (QED) is 0.837. The van der Waals surface area contributed by atoms with Gasteiger partial charge in [0.1, 0.15) is 5.82 Å². The fourth-order valence-electron chi connectivity index (χ4n) is 1.45. The Balaban J connectivity index is 2.89. The number of aliphatic hydroxyl groups is 1. The third-order valence-electron chi connectivity index (χ3n) is 2.32. The lowest BCUT2D eigenvalue weighted by Crippen LogP contribution is -2.27. The van der Waals surface area contributed by atoms with Gasteiger partial charge >= 0.3 is 0 Å². The van der Waals surface area contributed by atoms with Crippen molar-refractivity contribution in [3.63, 3.8) is 0 Å². The molecule has 0 bridgehead atoms. The molecule has 3 N–H and O–H groups in total. The zero-order valence-corrected chi connectivity index (χ0v) is 10.7. The molecule has 0 aliphatic rings. The number of hydrogen-bond donors (Lipinski definition) is 2. The molecule has 0 saturated heterocycles. The molecule has 2 nitrogen and oxygen atoms in total. The maximum absolute atomic E-state index is 13.4. The highest BCUT2D eigenvalue weighted by Crippen LogP contribution is 2.22. The van der Waals surface area contributed by atoms with Gasteiger partial charge in [0.15, 0.2) is 0 Å². The zero-order chi connectivity index (χ0) is 11.4. The van der Waals surface area contributed by atoms with Crippen molar-refractivity contribution in [1.82, 2.24) is 0 Å². The average molecular weight is 323 g/mol. The Kier molecular flexibility index (Phi) is 4.95. The lowest BCUT2D eigenvalue weighted by Gasteiger charge is -2.19. The molecule has 0 aliphatic heterocycles. The maximum atomic E-state index is 13.4. The van der Waals surface area contributed by atoms with Gasteiger partial charge in [0.25, 0.3) is 0 Å². The Hall–Kier alpha value is -0.200. The van der Waals surface area contributed by atoms with E-state index in [-0.39, 0.29) is 5.82 Å². The summed E-state index contributed by atoms with van der Waals surface area (Å²) in [5, 5.41) is 9.69. The molecule has 0 unspecified atom stereocenters. The molecule has 1 rings (SSSR count). The van der Waals surface area contributed by atoms with Crippen LogP contribution in [-0.4, -0.2) is 11.2 Å². The van der Waals surface area contributed by atoms with Gasteiger partial charge in [-0.15, -0.1) is 0 Å². The van der Waals surface area contributed by atoms with Crippen molar-refractivity contribution in [3.8, 4) is 0 Å². The molecule has 0 heterocycles. The van der Waals surface area contributed by atoms with Crippen LogP contribution in [0, 0.1) is 9.39 Å². The molecule has 0 fully saturated rings. The Morgan fingerprint density at radius 2 is 2.20 bits per heavy atom. The van der Waals surface area contributed by atoms with E-state index in [1.54, 1.807) is 12.1 Å². The number of hydrogen-bond acceptors (Lipinski definition) is 2. The second kappa shape index (κ2) is 5.77. The Morgan fingerprint density at radius 1 is 1.53 bits per heavy atom. The fourth-order valence-corrected chi connectivity index (χ4v) is 1.97. The van der Waals surface area contributed by atoms with E-state index in [1.165, 1.54) is 6.07 Å². The molecule has 0 amide bonds. The van der Waals surface area contributed by atoms with E-state index in [2.05, 4.69) is 22.6 Å². The molecule has 2 atom stereocenters. The highest BCUT2D eigenvalue weighted by atomic mass is 127. The Bertz CT molecular complexity index is 332. The summed E-state index contributed by atoms with van der Waals surface area (Å²) in [7, 11) is 0. The van der Waals surface area contributed by atoms with Gasteiger partial charge in [0, 0.05) is 9.13 Å². The first-order chi connectivity index (χ1) is 7.06. The molecule has 4 heteroatoms. The van der Waals surface area contributed by atoms with Gasteiger partial charge in [-0.2, -0.15) is 0 Å². The molecule has 1 aromatic carbocycles. The molecule has 0 aliphatic carbocycles. The van der Waals surface area contributed by atoms with Crippen LogP contribution in [0.3, 0.4) is 0 Å². The van der Waals surface area contributed by atoms with Crippen LogP contribution in [0.4, 0.5) is 4.39 Å². The number of benzene rings is 1. The van der Waals surface area contributed by atoms with Gasteiger partial charge in [0.05, 0.1) is 12.1 Å². The van der Waals surface area contributed by atoms with Gasteiger partial charge in [-0.1, -0.05) is 13.3 Å². The van der Waals surface area contributed by atoms with Crippen LogP contribution < -0.4 is 5.73 Å². The molecule has 1 aromatic rings. The molecule has 0 spiro atoms. The average Bonchev–Trinajstić information content (AvgIpc) is 2.21. The van der Waals surface area contributed by atoms with Crippen molar-refractivity contribution in [1.29, 1.82) is 0 Å². The standard InChI is InChI=1S/C11H15FINO/c1-2-3-10(15)11(14)8-6-7(13)4-5-9(8)12/h4-6,10-11,15H,2-3,14H2,1H3/t10-,11+/m0/s1. The van der Waals surface area contributed by atoms with Crippen LogP contribution >= 0.6 is 22.6 Å². The first-order valence-corrected chi connectivity index (χ1v) is 6.02. The van der Waals surface area contributed by atoms with Gasteiger partial charge in [-0.25, -0.2) is 4.39 Å². The minimum absolute atomic E-state index is 0.349. The normalized spacial score (nSPS) is 15.0. The van der Waals surface area contributed by atoms with Crippen molar-refractivity contribution in [2.75, 3.05) is 0 Å². The maximum Gasteiger partial charge on any atom is 0.128 e. The molecule has 0 radical (unpaired) electrons. The minimum atomic E-state index is -0.678. The predicted molar refractivity (Wildman–Crippen MR) is 67.0 cm³/mol. The van der Waals surface area contributed by atoms with Crippen LogP contribution in [-0.2, 0) is 0 Å². The van der Waals surface area contributed by atoms with Gasteiger partial charge < -0.3 is 10.8 Å². The Morgan fingerprint density at radius 3 is 2.80 bits per heavy atom. The lowest BCUT2D eigenvalue weighted by molar-refractivity contribution is 0.133. The van der Waals surface area contributed by atoms with Crippen LogP contribution in [0.5, 0.6) is 0 Å². The van der Waals surface area contributed by atoms with Crippen LogP contribution in [0.2, 0.25) is 0 Å². The summed E-state index contributed by atoms with van der Waals surface area (Å²) in [5.74, 6) is -0.349. The first-order valence-electron chi connectivity index (χ1n) is 4.94. The summed E-state index contributed by atoms with van der Waals surface area (Å²) in [5.41, 5.74) is 6.19. The third-order valence-corrected chi connectivity index (χ3v) is 2.99. The van der Waals surface area contributed by atoms with Gasteiger partial charge in [-0.05, 0) is 47.2 Å². The van der Waals surface area contributed by atoms with Crippen LogP contribution in [0.1, 0.15) is 31.4 Å². The smallest absolute Gasteiger partial charge is 0.128 e. The number of halogens is 2. The van der Waals surface area contributed by atoms with E-state index in [4.69, 9.17) is 5.73 Å². The van der Waals surface area contributed by atoms with E-state index in [1.807, 2.05) is 6.92 Å². The van der Waals surface area contributed by atoms with Crippen molar-refractivity contribution >= 4 is 22.6 Å². The lowest BCUT2D eigenvalue weighted by atomic mass is 9.99. The number of nitrogens with two attached hydrogens (primary N) is 1. The Labute approximate surface area is 103 Å². The molecule has 15 heavy (non-hydrogen) atoms. The summed E-state index contributed by atoms with van der Waals surface area (Å²) >= 11 is 2.10. The number of aliphatic hydroxyl groups excluding tert-OH is 1. The molecular weight excluding hydrogens is 308 g/mol. The van der Waals surface area contributed by atoms with Gasteiger partial charge in [0.2, 0.25) is 0 Å². The van der Waals surface area contributed by atoms with Crippen molar-refractivity contribution < 1.29 is 9.50 Å². The fraction of sp³-hybridized carbons (Fsp3) is 0.455. The number of rotatable bonds is 4. The van der Waals surface area contributed by atoms with Crippen LogP contribution in [0.25, 0.3) is 0 Å². The summed E-state index contributed by atoms with van der Waals surface area (Å²) in [6, 6.07) is 4.10. The molecule has 0 saturated carbocycles. The van der Waals surface area contributed by atoms with E-state index in [0.717, 1.165) is 9.99 Å². The zero-order valence-electron chi connectivity index (χ0n) is 8.58. The van der Waals surface area contributed by atoms with E-state index < -0.39 is 12.1 Å². The van der Waals surface area contributed by atoms with Crippen molar-refractivity contribution in [2.45, 2.75) is 31.9 Å². The summed E-state index contributed by atoms with van der Waals surface area (Å²) in [6.07, 6.45) is 0.745. The third kappa shape index (κ3) is 3.39. The SMILES string of the molecule is CCC[C@H](O)[C@H](N)c1cc(I)ccc1F.